The maximum absolute atomic E-state index is 11.9. The fraction of sp³-hybridized carbons (Fsp3) is 0.200. The van der Waals surface area contributed by atoms with Crippen LogP contribution in [0.5, 0.6) is 23.0 Å². The van der Waals surface area contributed by atoms with Crippen LogP contribution in [-0.4, -0.2) is 31.8 Å². The molecule has 0 saturated heterocycles. The Morgan fingerprint density at radius 1 is 1.04 bits per heavy atom. The largest absolute Gasteiger partial charge is 0.493 e. The Balaban J connectivity index is 2.04. The van der Waals surface area contributed by atoms with Gasteiger partial charge in [0.05, 0.1) is 31.9 Å². The molecule has 0 aliphatic carbocycles. The van der Waals surface area contributed by atoms with E-state index in [-0.39, 0.29) is 5.15 Å². The molecule has 0 aliphatic heterocycles. The smallest absolute Gasteiger partial charge is 0.338 e. The predicted molar refractivity (Wildman–Crippen MR) is 102 cm³/mol. The van der Waals surface area contributed by atoms with E-state index in [1.165, 1.54) is 0 Å². The van der Waals surface area contributed by atoms with E-state index in [9.17, 15) is 4.79 Å². The summed E-state index contributed by atoms with van der Waals surface area (Å²) < 4.78 is 21.7. The molecule has 140 valence electrons. The second-order valence-electron chi connectivity index (χ2n) is 5.52. The van der Waals surface area contributed by atoms with Crippen LogP contribution in [0.25, 0.3) is 10.9 Å². The van der Waals surface area contributed by atoms with Crippen LogP contribution in [0.15, 0.2) is 42.5 Å². The van der Waals surface area contributed by atoms with Crippen molar-refractivity contribution in [1.29, 1.82) is 0 Å². The van der Waals surface area contributed by atoms with Crippen molar-refractivity contribution in [3.63, 3.8) is 0 Å². The molecule has 0 N–H and O–H groups in total. The SMILES string of the molecule is CCOC(=O)c1cccc(Oc2cc(Cl)nc3cc(OC)c(OC)cc23)c1. The Kier molecular flexibility index (Phi) is 5.66. The first kappa shape index (κ1) is 18.8. The first-order chi connectivity index (χ1) is 13.0. The predicted octanol–water partition coefficient (Wildman–Crippen LogP) is 4.87. The molecule has 1 aromatic heterocycles. The molecular formula is C20H18ClNO5. The Morgan fingerprint density at radius 2 is 1.78 bits per heavy atom. The first-order valence-electron chi connectivity index (χ1n) is 8.23. The Hall–Kier alpha value is -2.99. The summed E-state index contributed by atoms with van der Waals surface area (Å²) in [5.41, 5.74) is 0.995. The van der Waals surface area contributed by atoms with Gasteiger partial charge in [0, 0.05) is 17.5 Å². The van der Waals surface area contributed by atoms with Gasteiger partial charge in [-0.25, -0.2) is 9.78 Å². The third-order valence-corrected chi connectivity index (χ3v) is 4.01. The number of benzene rings is 2. The van der Waals surface area contributed by atoms with Crippen molar-refractivity contribution < 1.29 is 23.7 Å². The van der Waals surface area contributed by atoms with Crippen LogP contribution < -0.4 is 14.2 Å². The highest BCUT2D eigenvalue weighted by molar-refractivity contribution is 6.30. The molecule has 0 atom stereocenters. The van der Waals surface area contributed by atoms with Gasteiger partial charge in [-0.3, -0.25) is 0 Å². The first-order valence-corrected chi connectivity index (χ1v) is 8.60. The molecule has 0 bridgehead atoms. The van der Waals surface area contributed by atoms with E-state index in [4.69, 9.17) is 30.5 Å². The maximum Gasteiger partial charge on any atom is 0.338 e. The quantitative estimate of drug-likeness (QED) is 0.444. The number of carbonyl (C=O) groups excluding carboxylic acids is 1. The lowest BCUT2D eigenvalue weighted by Gasteiger charge is -2.13. The molecule has 0 spiro atoms. The van der Waals surface area contributed by atoms with Gasteiger partial charge in [0.15, 0.2) is 11.5 Å². The fourth-order valence-electron chi connectivity index (χ4n) is 2.60. The van der Waals surface area contributed by atoms with Crippen LogP contribution in [0.4, 0.5) is 0 Å². The third-order valence-electron chi connectivity index (χ3n) is 3.82. The zero-order chi connectivity index (χ0) is 19.4. The maximum atomic E-state index is 11.9. The molecule has 0 fully saturated rings. The van der Waals surface area contributed by atoms with Crippen molar-refractivity contribution in [3.8, 4) is 23.0 Å². The number of carbonyl (C=O) groups is 1. The number of hydrogen-bond donors (Lipinski definition) is 0. The molecule has 0 saturated carbocycles. The number of pyridine rings is 1. The average Bonchev–Trinajstić information content (AvgIpc) is 2.67. The number of hydrogen-bond acceptors (Lipinski definition) is 6. The second kappa shape index (κ2) is 8.14. The Bertz CT molecular complexity index is 990. The molecule has 3 rings (SSSR count). The summed E-state index contributed by atoms with van der Waals surface area (Å²) in [5, 5.41) is 0.963. The number of fused-ring (bicyclic) bond motifs is 1. The monoisotopic (exact) mass is 387 g/mol. The number of ether oxygens (including phenoxy) is 4. The minimum atomic E-state index is -0.410. The summed E-state index contributed by atoms with van der Waals surface area (Å²) in [6.07, 6.45) is 0. The van der Waals surface area contributed by atoms with Crippen LogP contribution >= 0.6 is 11.6 Å². The van der Waals surface area contributed by atoms with E-state index < -0.39 is 5.97 Å². The van der Waals surface area contributed by atoms with Crippen molar-refractivity contribution in [1.82, 2.24) is 4.98 Å². The van der Waals surface area contributed by atoms with Crippen molar-refractivity contribution in [2.24, 2.45) is 0 Å². The summed E-state index contributed by atoms with van der Waals surface area (Å²) in [4.78, 5) is 16.2. The van der Waals surface area contributed by atoms with Crippen LogP contribution in [-0.2, 0) is 4.74 Å². The average molecular weight is 388 g/mol. The third kappa shape index (κ3) is 4.06. The van der Waals surface area contributed by atoms with Crippen molar-refractivity contribution >= 4 is 28.5 Å². The van der Waals surface area contributed by atoms with Crippen molar-refractivity contribution in [2.45, 2.75) is 6.92 Å². The van der Waals surface area contributed by atoms with Gasteiger partial charge in [-0.2, -0.15) is 0 Å². The van der Waals surface area contributed by atoms with Gasteiger partial charge in [0.25, 0.3) is 0 Å². The lowest BCUT2D eigenvalue weighted by atomic mass is 10.1. The van der Waals surface area contributed by atoms with E-state index in [1.54, 1.807) is 63.6 Å². The number of rotatable bonds is 6. The van der Waals surface area contributed by atoms with Gasteiger partial charge in [0.2, 0.25) is 0 Å². The summed E-state index contributed by atoms with van der Waals surface area (Å²) in [6.45, 7) is 2.06. The van der Waals surface area contributed by atoms with Crippen LogP contribution in [0.3, 0.4) is 0 Å². The van der Waals surface area contributed by atoms with E-state index in [0.717, 1.165) is 0 Å². The highest BCUT2D eigenvalue weighted by atomic mass is 35.5. The summed E-state index contributed by atoms with van der Waals surface area (Å²) in [7, 11) is 3.10. The minimum absolute atomic E-state index is 0.270. The molecule has 27 heavy (non-hydrogen) atoms. The van der Waals surface area contributed by atoms with Gasteiger partial charge in [-0.05, 0) is 31.2 Å². The zero-order valence-electron chi connectivity index (χ0n) is 15.1. The van der Waals surface area contributed by atoms with Gasteiger partial charge < -0.3 is 18.9 Å². The molecule has 1 heterocycles. The summed E-state index contributed by atoms with van der Waals surface area (Å²) in [5.74, 6) is 1.62. The summed E-state index contributed by atoms with van der Waals surface area (Å²) >= 11 is 6.14. The molecule has 0 unspecified atom stereocenters. The van der Waals surface area contributed by atoms with Crippen molar-refractivity contribution in [3.05, 3.63) is 53.2 Å². The Labute approximate surface area is 161 Å². The molecule has 3 aromatic rings. The lowest BCUT2D eigenvalue weighted by molar-refractivity contribution is 0.0526. The lowest BCUT2D eigenvalue weighted by Crippen LogP contribution is -2.04. The van der Waals surface area contributed by atoms with Gasteiger partial charge >= 0.3 is 5.97 Å². The zero-order valence-corrected chi connectivity index (χ0v) is 15.9. The number of esters is 1. The molecule has 0 radical (unpaired) electrons. The Morgan fingerprint density at radius 3 is 2.48 bits per heavy atom. The molecule has 0 amide bonds. The number of halogens is 1. The summed E-state index contributed by atoms with van der Waals surface area (Å²) in [6, 6.07) is 11.8. The highest BCUT2D eigenvalue weighted by Gasteiger charge is 2.14. The van der Waals surface area contributed by atoms with Gasteiger partial charge in [-0.1, -0.05) is 17.7 Å². The molecule has 6 nitrogen and oxygen atoms in total. The van der Waals surface area contributed by atoms with Crippen LogP contribution in [0.2, 0.25) is 5.15 Å². The molecule has 0 aliphatic rings. The van der Waals surface area contributed by atoms with Crippen molar-refractivity contribution in [2.75, 3.05) is 20.8 Å². The number of nitrogens with zero attached hydrogens (tertiary/aromatic N) is 1. The number of aromatic nitrogens is 1. The van der Waals surface area contributed by atoms with E-state index in [2.05, 4.69) is 4.98 Å². The standard InChI is InChI=1S/C20H18ClNO5/c1-4-26-20(23)12-6-5-7-13(8-12)27-16-11-19(21)22-15-10-18(25-3)17(24-2)9-14(15)16/h5-11H,4H2,1-3H3. The number of methoxy groups -OCH3 is 2. The topological polar surface area (TPSA) is 66.9 Å². The highest BCUT2D eigenvalue weighted by Crippen LogP contribution is 2.38. The molecular weight excluding hydrogens is 370 g/mol. The minimum Gasteiger partial charge on any atom is -0.493 e. The second-order valence-corrected chi connectivity index (χ2v) is 5.91. The van der Waals surface area contributed by atoms with E-state index in [1.807, 2.05) is 0 Å². The normalized spacial score (nSPS) is 10.5. The molecule has 2 aromatic carbocycles. The van der Waals surface area contributed by atoms with Gasteiger partial charge in [-0.15, -0.1) is 0 Å². The van der Waals surface area contributed by atoms with E-state index >= 15 is 0 Å². The molecule has 7 heteroatoms. The van der Waals surface area contributed by atoms with Gasteiger partial charge in [0.1, 0.15) is 16.7 Å². The van der Waals surface area contributed by atoms with Crippen LogP contribution in [0, 0.1) is 0 Å². The van der Waals surface area contributed by atoms with Crippen LogP contribution in [0.1, 0.15) is 17.3 Å². The van der Waals surface area contributed by atoms with E-state index in [0.29, 0.717) is 46.1 Å². The fourth-order valence-corrected chi connectivity index (χ4v) is 2.79.